The Bertz CT molecular complexity index is 590. The van der Waals surface area contributed by atoms with Gasteiger partial charge in [0.05, 0.1) is 6.61 Å². The minimum atomic E-state index is -0.278. The number of aromatic amines is 1. The smallest absolute Gasteiger partial charge is 0.355 e. The number of nitrogens with one attached hydrogen (secondary N) is 1. The summed E-state index contributed by atoms with van der Waals surface area (Å²) in [7, 11) is 0. The van der Waals surface area contributed by atoms with Crippen LogP contribution in [0.25, 0.3) is 0 Å². The molecule has 1 heterocycles. The molecule has 0 aliphatic carbocycles. The van der Waals surface area contributed by atoms with Crippen molar-refractivity contribution >= 4 is 17.7 Å². The summed E-state index contributed by atoms with van der Waals surface area (Å²) >= 11 is 1.74. The van der Waals surface area contributed by atoms with E-state index in [2.05, 4.69) is 17.1 Å². The lowest BCUT2D eigenvalue weighted by molar-refractivity contribution is 0.0519. The van der Waals surface area contributed by atoms with Gasteiger partial charge in [0.25, 0.3) is 0 Å². The van der Waals surface area contributed by atoms with Crippen LogP contribution in [-0.2, 0) is 10.5 Å². The van der Waals surface area contributed by atoms with Crippen LogP contribution in [0.2, 0.25) is 0 Å². The van der Waals surface area contributed by atoms with Crippen molar-refractivity contribution in [1.82, 2.24) is 4.98 Å². The second kappa shape index (κ2) is 6.66. The highest BCUT2D eigenvalue weighted by Gasteiger charge is 2.18. The number of esters is 1. The third kappa shape index (κ3) is 3.25. The second-order valence-corrected chi connectivity index (χ2v) is 5.56. The van der Waals surface area contributed by atoms with Crippen LogP contribution in [0.5, 0.6) is 0 Å². The summed E-state index contributed by atoms with van der Waals surface area (Å²) in [5.74, 6) is 0.613. The standard InChI is InChI=1S/C16H19NO2S/c1-4-19-16(18)14-11(2)15(12(3)17-14)20-10-13-8-6-5-7-9-13/h5-9,17H,4,10H2,1-3H3. The molecule has 20 heavy (non-hydrogen) atoms. The summed E-state index contributed by atoms with van der Waals surface area (Å²) in [6.07, 6.45) is 0. The molecular formula is C16H19NO2S. The normalized spacial score (nSPS) is 10.6. The Balaban J connectivity index is 2.14. The van der Waals surface area contributed by atoms with Gasteiger partial charge in [-0.2, -0.15) is 0 Å². The topological polar surface area (TPSA) is 42.1 Å². The number of hydrogen-bond acceptors (Lipinski definition) is 3. The van der Waals surface area contributed by atoms with Gasteiger partial charge in [-0.1, -0.05) is 30.3 Å². The minimum absolute atomic E-state index is 0.278. The molecule has 0 bridgehead atoms. The third-order valence-corrected chi connectivity index (χ3v) is 4.45. The van der Waals surface area contributed by atoms with Crippen molar-refractivity contribution in [2.75, 3.05) is 6.61 Å². The largest absolute Gasteiger partial charge is 0.461 e. The van der Waals surface area contributed by atoms with Crippen LogP contribution in [0, 0.1) is 13.8 Å². The van der Waals surface area contributed by atoms with Gasteiger partial charge in [-0.05, 0) is 31.9 Å². The highest BCUT2D eigenvalue weighted by atomic mass is 32.2. The minimum Gasteiger partial charge on any atom is -0.461 e. The van der Waals surface area contributed by atoms with E-state index in [1.165, 1.54) is 5.56 Å². The van der Waals surface area contributed by atoms with Gasteiger partial charge in [-0.3, -0.25) is 0 Å². The van der Waals surface area contributed by atoms with Crippen molar-refractivity contribution in [2.24, 2.45) is 0 Å². The average molecular weight is 289 g/mol. The maximum absolute atomic E-state index is 11.8. The number of carbonyl (C=O) groups is 1. The van der Waals surface area contributed by atoms with E-state index in [4.69, 9.17) is 4.74 Å². The molecule has 0 aliphatic rings. The van der Waals surface area contributed by atoms with Crippen LogP contribution >= 0.6 is 11.8 Å². The average Bonchev–Trinajstić information content (AvgIpc) is 2.73. The van der Waals surface area contributed by atoms with Gasteiger partial charge in [-0.15, -0.1) is 11.8 Å². The number of rotatable bonds is 5. The summed E-state index contributed by atoms with van der Waals surface area (Å²) < 4.78 is 5.06. The summed E-state index contributed by atoms with van der Waals surface area (Å²) in [6.45, 7) is 6.16. The molecule has 0 atom stereocenters. The van der Waals surface area contributed by atoms with Gasteiger partial charge >= 0.3 is 5.97 Å². The lowest BCUT2D eigenvalue weighted by Crippen LogP contribution is -2.06. The van der Waals surface area contributed by atoms with E-state index in [0.717, 1.165) is 21.9 Å². The number of hydrogen-bond donors (Lipinski definition) is 1. The molecule has 1 aromatic heterocycles. The zero-order valence-corrected chi connectivity index (χ0v) is 12.8. The molecule has 1 N–H and O–H groups in total. The van der Waals surface area contributed by atoms with Crippen molar-refractivity contribution in [3.05, 3.63) is 52.8 Å². The Labute approximate surface area is 123 Å². The molecule has 0 unspecified atom stereocenters. The van der Waals surface area contributed by atoms with Gasteiger partial charge in [0.2, 0.25) is 0 Å². The number of carbonyl (C=O) groups excluding carboxylic acids is 1. The maximum Gasteiger partial charge on any atom is 0.355 e. The maximum atomic E-state index is 11.8. The number of H-pyrrole nitrogens is 1. The van der Waals surface area contributed by atoms with Crippen LogP contribution in [0.4, 0.5) is 0 Å². The molecule has 106 valence electrons. The van der Waals surface area contributed by atoms with E-state index >= 15 is 0 Å². The Kier molecular flexibility index (Phi) is 4.90. The monoisotopic (exact) mass is 289 g/mol. The fourth-order valence-corrected chi connectivity index (χ4v) is 3.18. The fourth-order valence-electron chi connectivity index (χ4n) is 2.09. The Morgan fingerprint density at radius 2 is 1.95 bits per heavy atom. The lowest BCUT2D eigenvalue weighted by Gasteiger charge is -2.03. The van der Waals surface area contributed by atoms with Crippen LogP contribution in [-0.4, -0.2) is 17.6 Å². The summed E-state index contributed by atoms with van der Waals surface area (Å²) in [5, 5.41) is 0. The molecule has 3 nitrogen and oxygen atoms in total. The first-order chi connectivity index (χ1) is 9.63. The van der Waals surface area contributed by atoms with Gasteiger partial charge in [-0.25, -0.2) is 4.79 Å². The SMILES string of the molecule is CCOC(=O)c1[nH]c(C)c(SCc2ccccc2)c1C. The molecule has 0 aliphatic heterocycles. The summed E-state index contributed by atoms with van der Waals surface area (Å²) in [4.78, 5) is 16.1. The van der Waals surface area contributed by atoms with Crippen LogP contribution in [0.15, 0.2) is 35.2 Å². The molecule has 0 saturated carbocycles. The highest BCUT2D eigenvalue weighted by molar-refractivity contribution is 7.98. The molecule has 4 heteroatoms. The Morgan fingerprint density at radius 1 is 1.25 bits per heavy atom. The molecule has 0 amide bonds. The first kappa shape index (κ1) is 14.7. The van der Waals surface area contributed by atoms with Crippen molar-refractivity contribution in [3.63, 3.8) is 0 Å². The van der Waals surface area contributed by atoms with Crippen molar-refractivity contribution in [2.45, 2.75) is 31.4 Å². The second-order valence-electron chi connectivity index (χ2n) is 4.57. The number of ether oxygens (including phenoxy) is 1. The highest BCUT2D eigenvalue weighted by Crippen LogP contribution is 2.31. The molecule has 0 radical (unpaired) electrons. The third-order valence-electron chi connectivity index (χ3n) is 3.07. The number of aromatic nitrogens is 1. The van der Waals surface area contributed by atoms with E-state index in [-0.39, 0.29) is 5.97 Å². The van der Waals surface area contributed by atoms with Gasteiger partial charge in [0.15, 0.2) is 0 Å². The van der Waals surface area contributed by atoms with Crippen LogP contribution < -0.4 is 0 Å². The molecule has 2 rings (SSSR count). The number of benzene rings is 1. The molecule has 0 spiro atoms. The molecule has 2 aromatic rings. The lowest BCUT2D eigenvalue weighted by atomic mass is 10.2. The van der Waals surface area contributed by atoms with Gasteiger partial charge < -0.3 is 9.72 Å². The quantitative estimate of drug-likeness (QED) is 0.665. The first-order valence-corrected chi connectivity index (χ1v) is 7.65. The number of thioether (sulfide) groups is 1. The van der Waals surface area contributed by atoms with E-state index in [1.54, 1.807) is 11.8 Å². The molecular weight excluding hydrogens is 270 g/mol. The van der Waals surface area contributed by atoms with Gasteiger partial charge in [0, 0.05) is 16.3 Å². The van der Waals surface area contributed by atoms with Gasteiger partial charge in [0.1, 0.15) is 5.69 Å². The van der Waals surface area contributed by atoms with Crippen molar-refractivity contribution in [3.8, 4) is 0 Å². The predicted octanol–water partition coefficient (Wildman–Crippen LogP) is 4.10. The molecule has 1 aromatic carbocycles. The summed E-state index contributed by atoms with van der Waals surface area (Å²) in [5.41, 5.74) is 3.84. The first-order valence-electron chi connectivity index (χ1n) is 6.66. The molecule has 0 saturated heterocycles. The van der Waals surface area contributed by atoms with Crippen LogP contribution in [0.3, 0.4) is 0 Å². The number of aryl methyl sites for hydroxylation is 1. The molecule has 0 fully saturated rings. The van der Waals surface area contributed by atoms with E-state index in [0.29, 0.717) is 12.3 Å². The zero-order chi connectivity index (χ0) is 14.5. The van der Waals surface area contributed by atoms with Crippen molar-refractivity contribution < 1.29 is 9.53 Å². The predicted molar refractivity (Wildman–Crippen MR) is 82.2 cm³/mol. The van der Waals surface area contributed by atoms with Crippen LogP contribution in [0.1, 0.15) is 34.2 Å². The van der Waals surface area contributed by atoms with Crippen molar-refractivity contribution in [1.29, 1.82) is 0 Å². The van der Waals surface area contributed by atoms with E-state index in [1.807, 2.05) is 39.0 Å². The fraction of sp³-hybridized carbons (Fsp3) is 0.312. The Morgan fingerprint density at radius 3 is 2.60 bits per heavy atom. The van der Waals surface area contributed by atoms with E-state index in [9.17, 15) is 4.79 Å². The summed E-state index contributed by atoms with van der Waals surface area (Å²) in [6, 6.07) is 10.3. The van der Waals surface area contributed by atoms with E-state index < -0.39 is 0 Å². The Hall–Kier alpha value is -1.68. The zero-order valence-electron chi connectivity index (χ0n) is 12.0.